The highest BCUT2D eigenvalue weighted by Gasteiger charge is 2.02. The van der Waals surface area contributed by atoms with Crippen molar-refractivity contribution in [3.8, 4) is 11.5 Å². The molecule has 0 spiro atoms. The Bertz CT molecular complexity index is 372. The average molecular weight is 261 g/mol. The molecule has 0 saturated heterocycles. The minimum atomic E-state index is -0.147. The first-order valence-electron chi connectivity index (χ1n) is 5.11. The Morgan fingerprint density at radius 2 is 2.00 bits per heavy atom. The largest absolute Gasteiger partial charge is 0.504 e. The predicted molar refractivity (Wildman–Crippen MR) is 67.4 cm³/mol. The third kappa shape index (κ3) is 5.42. The highest BCUT2D eigenvalue weighted by molar-refractivity contribution is 5.85. The van der Waals surface area contributed by atoms with Gasteiger partial charge in [-0.15, -0.1) is 12.4 Å². The molecule has 0 aliphatic rings. The van der Waals surface area contributed by atoms with E-state index in [1.807, 2.05) is 0 Å². The molecule has 0 saturated carbocycles. The fourth-order valence-electron chi connectivity index (χ4n) is 1.29. The second-order valence-electron chi connectivity index (χ2n) is 3.46. The van der Waals surface area contributed by atoms with Crippen LogP contribution in [0.4, 0.5) is 0 Å². The zero-order valence-corrected chi connectivity index (χ0v) is 10.2. The second kappa shape index (κ2) is 7.76. The van der Waals surface area contributed by atoms with E-state index in [2.05, 4.69) is 5.32 Å². The van der Waals surface area contributed by atoms with Gasteiger partial charge in [-0.1, -0.05) is 6.07 Å². The molecule has 1 rings (SSSR count). The summed E-state index contributed by atoms with van der Waals surface area (Å²) in [5.41, 5.74) is 6.08. The molecule has 0 radical (unpaired) electrons. The maximum Gasteiger partial charge on any atom is 0.221 e. The summed E-state index contributed by atoms with van der Waals surface area (Å²) < 4.78 is 0. The number of hydrogen-bond acceptors (Lipinski definition) is 4. The van der Waals surface area contributed by atoms with Crippen LogP contribution in [0.5, 0.6) is 11.5 Å². The average Bonchev–Trinajstić information content (AvgIpc) is 2.24. The summed E-state index contributed by atoms with van der Waals surface area (Å²) >= 11 is 0. The molecule has 1 amide bonds. The second-order valence-corrected chi connectivity index (χ2v) is 3.46. The number of nitrogens with one attached hydrogen (secondary N) is 1. The van der Waals surface area contributed by atoms with Crippen LogP contribution in [0, 0.1) is 0 Å². The Labute approximate surface area is 106 Å². The number of rotatable bonds is 5. The van der Waals surface area contributed by atoms with E-state index in [1.165, 1.54) is 12.1 Å². The summed E-state index contributed by atoms with van der Waals surface area (Å²) in [5.74, 6) is -0.368. The first kappa shape index (κ1) is 15.5. The highest BCUT2D eigenvalue weighted by atomic mass is 35.5. The van der Waals surface area contributed by atoms with Gasteiger partial charge in [-0.3, -0.25) is 4.79 Å². The van der Waals surface area contributed by atoms with Crippen molar-refractivity contribution >= 4 is 18.3 Å². The molecular formula is C11H17ClN2O3. The molecule has 1 aromatic rings. The maximum atomic E-state index is 11.1. The molecule has 96 valence electrons. The number of halogens is 1. The van der Waals surface area contributed by atoms with E-state index < -0.39 is 0 Å². The van der Waals surface area contributed by atoms with E-state index in [1.54, 1.807) is 6.07 Å². The Hall–Kier alpha value is -1.46. The monoisotopic (exact) mass is 260 g/mol. The zero-order valence-electron chi connectivity index (χ0n) is 9.35. The number of phenols is 2. The quantitative estimate of drug-likeness (QED) is 0.581. The van der Waals surface area contributed by atoms with Gasteiger partial charge < -0.3 is 21.3 Å². The molecule has 0 fully saturated rings. The van der Waals surface area contributed by atoms with Crippen molar-refractivity contribution in [1.82, 2.24) is 5.32 Å². The van der Waals surface area contributed by atoms with Crippen LogP contribution < -0.4 is 11.1 Å². The number of benzene rings is 1. The third-order valence-electron chi connectivity index (χ3n) is 2.15. The van der Waals surface area contributed by atoms with Gasteiger partial charge >= 0.3 is 0 Å². The summed E-state index contributed by atoms with van der Waals surface area (Å²) in [5, 5.41) is 21.0. The maximum absolute atomic E-state index is 11.1. The summed E-state index contributed by atoms with van der Waals surface area (Å²) in [6, 6.07) is 4.60. The summed E-state index contributed by atoms with van der Waals surface area (Å²) in [4.78, 5) is 11.1. The van der Waals surface area contributed by atoms with Crippen LogP contribution in [0.2, 0.25) is 0 Å². The van der Waals surface area contributed by atoms with Crippen molar-refractivity contribution in [2.75, 3.05) is 13.1 Å². The van der Waals surface area contributed by atoms with E-state index in [-0.39, 0.29) is 29.8 Å². The topological polar surface area (TPSA) is 95.6 Å². The van der Waals surface area contributed by atoms with Crippen LogP contribution in [0.15, 0.2) is 18.2 Å². The van der Waals surface area contributed by atoms with Crippen molar-refractivity contribution in [3.05, 3.63) is 23.8 Å². The van der Waals surface area contributed by atoms with E-state index in [4.69, 9.17) is 10.8 Å². The third-order valence-corrected chi connectivity index (χ3v) is 2.15. The van der Waals surface area contributed by atoms with Crippen molar-refractivity contribution in [2.24, 2.45) is 5.73 Å². The molecule has 0 aromatic heterocycles. The fourth-order valence-corrected chi connectivity index (χ4v) is 1.29. The molecule has 5 nitrogen and oxygen atoms in total. The van der Waals surface area contributed by atoms with Gasteiger partial charge in [0.05, 0.1) is 0 Å². The predicted octanol–water partition coefficient (Wildman–Crippen LogP) is 0.527. The van der Waals surface area contributed by atoms with Crippen molar-refractivity contribution < 1.29 is 15.0 Å². The smallest absolute Gasteiger partial charge is 0.221 e. The molecule has 1 aromatic carbocycles. The molecule has 6 heteroatoms. The molecule has 0 aliphatic carbocycles. The van der Waals surface area contributed by atoms with Crippen LogP contribution in [0.1, 0.15) is 12.0 Å². The Kier molecular flexibility index (Phi) is 7.09. The van der Waals surface area contributed by atoms with Gasteiger partial charge in [0.15, 0.2) is 11.5 Å². The molecule has 0 heterocycles. The van der Waals surface area contributed by atoms with Gasteiger partial charge in [0.1, 0.15) is 0 Å². The normalized spacial score (nSPS) is 9.47. The lowest BCUT2D eigenvalue weighted by atomic mass is 10.1. The Morgan fingerprint density at radius 1 is 1.29 bits per heavy atom. The minimum absolute atomic E-state index is 0. The first-order chi connectivity index (χ1) is 7.63. The number of amides is 1. The SMILES string of the molecule is Cl.NCCC(=O)NCCc1ccc(O)c(O)c1. The van der Waals surface area contributed by atoms with Crippen LogP contribution >= 0.6 is 12.4 Å². The van der Waals surface area contributed by atoms with E-state index in [0.717, 1.165) is 5.56 Å². The van der Waals surface area contributed by atoms with Gasteiger partial charge in [-0.2, -0.15) is 0 Å². The van der Waals surface area contributed by atoms with Gasteiger partial charge in [-0.05, 0) is 24.1 Å². The number of carbonyl (C=O) groups is 1. The molecule has 5 N–H and O–H groups in total. The first-order valence-corrected chi connectivity index (χ1v) is 5.11. The van der Waals surface area contributed by atoms with Gasteiger partial charge in [0, 0.05) is 19.5 Å². The standard InChI is InChI=1S/C11H16N2O3.ClH/c12-5-3-11(16)13-6-4-8-1-2-9(14)10(15)7-8;/h1-2,7,14-15H,3-6,12H2,(H,13,16);1H. The number of carbonyl (C=O) groups excluding carboxylic acids is 1. The molecule has 0 unspecified atom stereocenters. The van der Waals surface area contributed by atoms with E-state index >= 15 is 0 Å². The van der Waals surface area contributed by atoms with Crippen LogP contribution in [-0.2, 0) is 11.2 Å². The Balaban J connectivity index is 0.00000256. The molecule has 0 bridgehead atoms. The van der Waals surface area contributed by atoms with E-state index in [9.17, 15) is 9.90 Å². The number of hydrogen-bond donors (Lipinski definition) is 4. The Morgan fingerprint density at radius 3 is 2.59 bits per heavy atom. The summed E-state index contributed by atoms with van der Waals surface area (Å²) in [6.45, 7) is 0.828. The highest BCUT2D eigenvalue weighted by Crippen LogP contribution is 2.24. The van der Waals surface area contributed by atoms with Gasteiger partial charge in [0.2, 0.25) is 5.91 Å². The number of nitrogens with two attached hydrogens (primary N) is 1. The molecule has 0 atom stereocenters. The molecule has 17 heavy (non-hydrogen) atoms. The fraction of sp³-hybridized carbons (Fsp3) is 0.364. The van der Waals surface area contributed by atoms with Gasteiger partial charge in [0.25, 0.3) is 0 Å². The van der Waals surface area contributed by atoms with Crippen LogP contribution in [-0.4, -0.2) is 29.2 Å². The number of phenolic OH excluding ortho intramolecular Hbond substituents is 2. The minimum Gasteiger partial charge on any atom is -0.504 e. The molecular weight excluding hydrogens is 244 g/mol. The van der Waals surface area contributed by atoms with Crippen LogP contribution in [0.3, 0.4) is 0 Å². The van der Waals surface area contributed by atoms with E-state index in [0.29, 0.717) is 25.9 Å². The van der Waals surface area contributed by atoms with Crippen LogP contribution in [0.25, 0.3) is 0 Å². The van der Waals surface area contributed by atoms with Crippen molar-refractivity contribution in [1.29, 1.82) is 0 Å². The molecule has 0 aliphatic heterocycles. The van der Waals surface area contributed by atoms with Crippen molar-refractivity contribution in [2.45, 2.75) is 12.8 Å². The lowest BCUT2D eigenvalue weighted by Crippen LogP contribution is -2.27. The van der Waals surface area contributed by atoms with Crippen molar-refractivity contribution in [3.63, 3.8) is 0 Å². The van der Waals surface area contributed by atoms with Gasteiger partial charge in [-0.25, -0.2) is 0 Å². The zero-order chi connectivity index (χ0) is 12.0. The lowest BCUT2D eigenvalue weighted by Gasteiger charge is -2.05. The number of aromatic hydroxyl groups is 2. The summed E-state index contributed by atoms with van der Waals surface area (Å²) in [6.07, 6.45) is 0.922. The summed E-state index contributed by atoms with van der Waals surface area (Å²) in [7, 11) is 0. The lowest BCUT2D eigenvalue weighted by molar-refractivity contribution is -0.120.